The molecule has 1 amide bonds. The quantitative estimate of drug-likeness (QED) is 0.487. The first kappa shape index (κ1) is 24.6. The number of hydrogen-bond donors (Lipinski definition) is 2. The van der Waals surface area contributed by atoms with Gasteiger partial charge in [0.05, 0.1) is 12.3 Å². The number of pyridine rings is 1. The summed E-state index contributed by atoms with van der Waals surface area (Å²) in [5, 5.41) is 2.77. The molecule has 2 rings (SSSR count). The molecule has 8 nitrogen and oxygen atoms in total. The molecule has 3 atom stereocenters. The van der Waals surface area contributed by atoms with Gasteiger partial charge < -0.3 is 11.1 Å². The maximum absolute atomic E-state index is 12.7. The second kappa shape index (κ2) is 11.1. The molecule has 1 aliphatic carbocycles. The third-order valence-electron chi connectivity index (χ3n) is 5.13. The minimum Gasteiger partial charge on any atom is -0.356 e. The van der Waals surface area contributed by atoms with E-state index in [-0.39, 0.29) is 18.4 Å². The summed E-state index contributed by atoms with van der Waals surface area (Å²) < 4.78 is 36.5. The number of aryl methyl sites for hydroxylation is 1. The summed E-state index contributed by atoms with van der Waals surface area (Å²) in [5.74, 6) is -5.30. The van der Waals surface area contributed by atoms with Gasteiger partial charge in [-0.25, -0.2) is 19.4 Å². The minimum absolute atomic E-state index is 0.0299. The van der Waals surface area contributed by atoms with Crippen LogP contribution < -0.4 is 11.1 Å². The summed E-state index contributed by atoms with van der Waals surface area (Å²) in [6.45, 7) is 2.09. The molecule has 0 unspecified atom stereocenters. The van der Waals surface area contributed by atoms with Gasteiger partial charge in [-0.15, -0.1) is 0 Å². The second-order valence-corrected chi connectivity index (χ2v) is 7.65. The smallest absolute Gasteiger partial charge is 0.356 e. The van der Waals surface area contributed by atoms with Crippen LogP contribution in [0.25, 0.3) is 0 Å². The van der Waals surface area contributed by atoms with Crippen molar-refractivity contribution in [2.24, 2.45) is 17.6 Å². The maximum Gasteiger partial charge on any atom is 0.495 e. The SMILES string of the molecule is Cc1cccc(C[C@H](CC(=O)OOC(=O)C(F)(F)F)C(=O)NC[C@@H]2CCCC[C@@H]2N)n1. The van der Waals surface area contributed by atoms with Gasteiger partial charge >= 0.3 is 18.1 Å². The average Bonchev–Trinajstić information content (AvgIpc) is 2.70. The second-order valence-electron chi connectivity index (χ2n) is 7.65. The molecule has 0 aliphatic heterocycles. The van der Waals surface area contributed by atoms with Crippen LogP contribution in [0.5, 0.6) is 0 Å². The Labute approximate surface area is 177 Å². The fraction of sp³-hybridized carbons (Fsp3) is 0.600. The standard InChI is InChI=1S/C20H26F3N3O5/c1-12-5-4-7-15(26-12)9-14(10-17(27)30-31-19(29)20(21,22)23)18(28)25-11-13-6-2-3-8-16(13)24/h4-5,7,13-14,16H,2-3,6,8-11,24H2,1H3,(H,25,28)/t13-,14+,16-/m0/s1. The third kappa shape index (κ3) is 8.16. The van der Waals surface area contributed by atoms with E-state index in [9.17, 15) is 27.6 Å². The highest BCUT2D eigenvalue weighted by Gasteiger charge is 2.43. The molecule has 0 aromatic carbocycles. The van der Waals surface area contributed by atoms with E-state index in [1.54, 1.807) is 25.1 Å². The number of alkyl halides is 3. The Balaban J connectivity index is 2.00. The van der Waals surface area contributed by atoms with Crippen LogP contribution in [0.4, 0.5) is 13.2 Å². The van der Waals surface area contributed by atoms with Crippen molar-refractivity contribution >= 4 is 17.8 Å². The zero-order chi connectivity index (χ0) is 23.0. The van der Waals surface area contributed by atoms with Gasteiger partial charge in [0.25, 0.3) is 0 Å². The number of carbonyl (C=O) groups excluding carboxylic acids is 3. The lowest BCUT2D eigenvalue weighted by molar-refractivity contribution is -0.286. The Bertz CT molecular complexity index is 788. The van der Waals surface area contributed by atoms with Crippen LogP contribution in [-0.4, -0.2) is 41.6 Å². The van der Waals surface area contributed by atoms with E-state index in [0.717, 1.165) is 25.7 Å². The number of nitrogens with two attached hydrogens (primary N) is 1. The van der Waals surface area contributed by atoms with Gasteiger partial charge in [0.1, 0.15) is 0 Å². The first-order valence-corrected chi connectivity index (χ1v) is 10.0. The fourth-order valence-electron chi connectivity index (χ4n) is 3.46. The molecule has 1 heterocycles. The number of amides is 1. The van der Waals surface area contributed by atoms with Gasteiger partial charge in [0.2, 0.25) is 5.91 Å². The van der Waals surface area contributed by atoms with E-state index in [0.29, 0.717) is 17.9 Å². The van der Waals surface area contributed by atoms with Crippen LogP contribution in [0.1, 0.15) is 43.5 Å². The van der Waals surface area contributed by atoms with E-state index >= 15 is 0 Å². The molecule has 1 aliphatic rings. The Morgan fingerprint density at radius 1 is 1.23 bits per heavy atom. The number of rotatable bonds is 7. The van der Waals surface area contributed by atoms with Gasteiger partial charge in [-0.2, -0.15) is 13.2 Å². The molecule has 0 radical (unpaired) electrons. The minimum atomic E-state index is -5.30. The number of hydrogen-bond acceptors (Lipinski definition) is 7. The number of aromatic nitrogens is 1. The van der Waals surface area contributed by atoms with Crippen molar-refractivity contribution in [2.45, 2.75) is 57.7 Å². The number of nitrogens with one attached hydrogen (secondary N) is 1. The highest BCUT2D eigenvalue weighted by atomic mass is 19.4. The molecular weight excluding hydrogens is 419 g/mol. The molecule has 11 heteroatoms. The maximum atomic E-state index is 12.7. The molecule has 1 saturated carbocycles. The predicted octanol–water partition coefficient (Wildman–Crippen LogP) is 2.14. The Kier molecular flexibility index (Phi) is 8.78. The normalized spacial score (nSPS) is 19.9. The first-order valence-electron chi connectivity index (χ1n) is 10.0. The van der Waals surface area contributed by atoms with E-state index in [1.807, 2.05) is 0 Å². The number of carbonyl (C=O) groups is 3. The zero-order valence-corrected chi connectivity index (χ0v) is 17.1. The van der Waals surface area contributed by atoms with Gasteiger partial charge in [-0.3, -0.25) is 9.78 Å². The van der Waals surface area contributed by atoms with Crippen molar-refractivity contribution in [1.29, 1.82) is 0 Å². The van der Waals surface area contributed by atoms with Crippen molar-refractivity contribution in [2.75, 3.05) is 6.54 Å². The van der Waals surface area contributed by atoms with E-state index in [1.165, 1.54) is 0 Å². The largest absolute Gasteiger partial charge is 0.495 e. The topological polar surface area (TPSA) is 121 Å². The third-order valence-corrected chi connectivity index (χ3v) is 5.13. The predicted molar refractivity (Wildman–Crippen MR) is 102 cm³/mol. The highest BCUT2D eigenvalue weighted by molar-refractivity contribution is 5.84. The van der Waals surface area contributed by atoms with Gasteiger partial charge in [-0.1, -0.05) is 18.9 Å². The molecule has 172 valence electrons. The van der Waals surface area contributed by atoms with Crippen LogP contribution in [0.15, 0.2) is 18.2 Å². The van der Waals surface area contributed by atoms with Gasteiger partial charge in [0.15, 0.2) is 0 Å². The molecule has 1 aromatic heterocycles. The monoisotopic (exact) mass is 445 g/mol. The molecule has 1 aromatic rings. The molecule has 1 fully saturated rings. The van der Waals surface area contributed by atoms with Gasteiger partial charge in [-0.05, 0) is 37.8 Å². The van der Waals surface area contributed by atoms with Crippen molar-refractivity contribution in [3.63, 3.8) is 0 Å². The summed E-state index contributed by atoms with van der Waals surface area (Å²) >= 11 is 0. The summed E-state index contributed by atoms with van der Waals surface area (Å²) in [6, 6.07) is 5.13. The van der Waals surface area contributed by atoms with E-state index < -0.39 is 36.4 Å². The first-order chi connectivity index (χ1) is 14.6. The summed E-state index contributed by atoms with van der Waals surface area (Å²) in [6.07, 6.45) is -2.05. The summed E-state index contributed by atoms with van der Waals surface area (Å²) in [5.41, 5.74) is 7.31. The number of halogens is 3. The van der Waals surface area contributed by atoms with E-state index in [2.05, 4.69) is 20.1 Å². The Morgan fingerprint density at radius 3 is 2.58 bits per heavy atom. The lowest BCUT2D eigenvalue weighted by atomic mass is 9.85. The Morgan fingerprint density at radius 2 is 1.94 bits per heavy atom. The Hall–Kier alpha value is -2.69. The van der Waals surface area contributed by atoms with Crippen molar-refractivity contribution in [3.05, 3.63) is 29.6 Å². The molecule has 0 bridgehead atoms. The van der Waals surface area contributed by atoms with Crippen LogP contribution in [0, 0.1) is 18.8 Å². The summed E-state index contributed by atoms with van der Waals surface area (Å²) in [4.78, 5) is 47.1. The van der Waals surface area contributed by atoms with E-state index in [4.69, 9.17) is 5.73 Å². The fourth-order valence-corrected chi connectivity index (χ4v) is 3.46. The lowest BCUT2D eigenvalue weighted by Gasteiger charge is -2.29. The van der Waals surface area contributed by atoms with Crippen LogP contribution >= 0.6 is 0 Å². The lowest BCUT2D eigenvalue weighted by Crippen LogP contribution is -2.43. The highest BCUT2D eigenvalue weighted by Crippen LogP contribution is 2.23. The average molecular weight is 445 g/mol. The van der Waals surface area contributed by atoms with Crippen molar-refractivity contribution in [1.82, 2.24) is 10.3 Å². The molecule has 0 saturated heterocycles. The van der Waals surface area contributed by atoms with Crippen LogP contribution in [-0.2, 0) is 30.6 Å². The zero-order valence-electron chi connectivity index (χ0n) is 17.1. The van der Waals surface area contributed by atoms with Crippen molar-refractivity contribution in [3.8, 4) is 0 Å². The number of nitrogens with zero attached hydrogens (tertiary/aromatic N) is 1. The van der Waals surface area contributed by atoms with Crippen LogP contribution in [0.3, 0.4) is 0 Å². The summed E-state index contributed by atoms with van der Waals surface area (Å²) in [7, 11) is 0. The van der Waals surface area contributed by atoms with Crippen molar-refractivity contribution < 1.29 is 37.3 Å². The molecular formula is C20H26F3N3O5. The molecule has 3 N–H and O–H groups in total. The molecule has 0 spiro atoms. The van der Waals surface area contributed by atoms with Gasteiger partial charge in [0, 0.05) is 30.4 Å². The van der Waals surface area contributed by atoms with Crippen LogP contribution in [0.2, 0.25) is 0 Å². The molecule has 31 heavy (non-hydrogen) atoms.